The fourth-order valence-corrected chi connectivity index (χ4v) is 4.40. The fraction of sp³-hybridized carbons (Fsp3) is 0.520. The summed E-state index contributed by atoms with van der Waals surface area (Å²) in [6.45, 7) is 5.75. The van der Waals surface area contributed by atoms with Crippen LogP contribution in [0.5, 0.6) is 0 Å². The molecule has 1 aromatic carbocycles. The van der Waals surface area contributed by atoms with E-state index in [1.165, 1.54) is 5.56 Å². The Morgan fingerprint density at radius 2 is 1.79 bits per heavy atom. The minimum absolute atomic E-state index is 0. The van der Waals surface area contributed by atoms with Crippen LogP contribution >= 0.6 is 24.0 Å². The molecule has 2 aromatic rings. The number of halogens is 1. The van der Waals surface area contributed by atoms with Crippen molar-refractivity contribution in [3.8, 4) is 0 Å². The first-order valence-corrected chi connectivity index (χ1v) is 11.9. The van der Waals surface area contributed by atoms with Gasteiger partial charge in [0.15, 0.2) is 5.96 Å². The van der Waals surface area contributed by atoms with Gasteiger partial charge in [-0.1, -0.05) is 30.3 Å². The van der Waals surface area contributed by atoms with Gasteiger partial charge in [-0.3, -0.25) is 9.69 Å². The maximum atomic E-state index is 12.5. The van der Waals surface area contributed by atoms with E-state index in [2.05, 4.69) is 50.9 Å². The van der Waals surface area contributed by atoms with E-state index in [-0.39, 0.29) is 36.4 Å². The van der Waals surface area contributed by atoms with Gasteiger partial charge in [-0.15, -0.1) is 24.0 Å². The highest BCUT2D eigenvalue weighted by Gasteiger charge is 2.21. The molecule has 0 bridgehead atoms. The lowest BCUT2D eigenvalue weighted by atomic mass is 10.0. The number of guanidine groups is 1. The molecule has 1 aromatic heterocycles. The molecule has 0 spiro atoms. The Labute approximate surface area is 214 Å². The number of nitrogens with one attached hydrogen (secondary N) is 2. The molecule has 0 atom stereocenters. The van der Waals surface area contributed by atoms with E-state index in [0.29, 0.717) is 12.6 Å². The van der Waals surface area contributed by atoms with E-state index in [9.17, 15) is 4.79 Å². The summed E-state index contributed by atoms with van der Waals surface area (Å²) < 4.78 is 5.43. The van der Waals surface area contributed by atoms with Crippen molar-refractivity contribution in [3.63, 3.8) is 0 Å². The number of amides is 1. The van der Waals surface area contributed by atoms with Crippen molar-refractivity contribution in [1.29, 1.82) is 0 Å². The highest BCUT2D eigenvalue weighted by molar-refractivity contribution is 14.0. The molecule has 0 radical (unpaired) electrons. The second-order valence-electron chi connectivity index (χ2n) is 8.69. The van der Waals surface area contributed by atoms with Crippen LogP contribution in [0, 0.1) is 0 Å². The van der Waals surface area contributed by atoms with E-state index in [1.807, 2.05) is 17.0 Å². The molecule has 7 nitrogen and oxygen atoms in total. The third-order valence-electron chi connectivity index (χ3n) is 6.25. The number of aliphatic imine (C=N–C) groups is 1. The lowest BCUT2D eigenvalue weighted by Crippen LogP contribution is -2.49. The first-order chi connectivity index (χ1) is 15.8. The van der Waals surface area contributed by atoms with Crippen molar-refractivity contribution in [1.82, 2.24) is 20.4 Å². The molecule has 180 valence electrons. The molecule has 3 heterocycles. The molecular formula is C25H36IN5O2. The summed E-state index contributed by atoms with van der Waals surface area (Å²) in [6, 6.07) is 14.9. The highest BCUT2D eigenvalue weighted by atomic mass is 127. The minimum Gasteiger partial charge on any atom is -0.469 e. The largest absolute Gasteiger partial charge is 0.469 e. The van der Waals surface area contributed by atoms with Gasteiger partial charge in [0.05, 0.1) is 6.26 Å². The van der Waals surface area contributed by atoms with Crippen LogP contribution in [0.25, 0.3) is 0 Å². The van der Waals surface area contributed by atoms with Crippen LogP contribution in [0.15, 0.2) is 58.1 Å². The van der Waals surface area contributed by atoms with Gasteiger partial charge >= 0.3 is 0 Å². The molecule has 2 N–H and O–H groups in total. The summed E-state index contributed by atoms with van der Waals surface area (Å²) in [5, 5.41) is 6.97. The molecule has 0 unspecified atom stereocenters. The monoisotopic (exact) mass is 565 g/mol. The quantitative estimate of drug-likeness (QED) is 0.292. The maximum absolute atomic E-state index is 12.5. The van der Waals surface area contributed by atoms with Crippen molar-refractivity contribution in [2.45, 2.75) is 44.7 Å². The average molecular weight is 566 g/mol. The normalized spacial score (nSPS) is 17.6. The van der Waals surface area contributed by atoms with Crippen molar-refractivity contribution in [2.24, 2.45) is 4.99 Å². The Morgan fingerprint density at radius 1 is 1.03 bits per heavy atom. The number of piperidine rings is 1. The van der Waals surface area contributed by atoms with Crippen molar-refractivity contribution in [2.75, 3.05) is 39.3 Å². The van der Waals surface area contributed by atoms with Crippen LogP contribution in [0.3, 0.4) is 0 Å². The predicted molar refractivity (Wildman–Crippen MR) is 142 cm³/mol. The third kappa shape index (κ3) is 8.33. The number of hydrogen-bond donors (Lipinski definition) is 2. The maximum Gasteiger partial charge on any atom is 0.244 e. The standard InChI is InChI=1S/C25H35N5O2.HI/c31-24(30-14-4-5-15-30)19-27-25(26-13-10-23-9-6-18-32-23)28-22-11-16-29(17-12-22)20-21-7-2-1-3-8-21;/h1-3,6-9,18,22H,4-5,10-17,19-20H2,(H2,26,27,28);1H. The van der Waals surface area contributed by atoms with Gasteiger partial charge in [0, 0.05) is 51.7 Å². The van der Waals surface area contributed by atoms with Crippen molar-refractivity contribution in [3.05, 3.63) is 60.1 Å². The number of benzene rings is 1. The number of carbonyl (C=O) groups excluding carboxylic acids is 1. The summed E-state index contributed by atoms with van der Waals surface area (Å²) in [4.78, 5) is 21.5. The number of furan rings is 1. The van der Waals surface area contributed by atoms with Gasteiger partial charge in [-0.25, -0.2) is 4.99 Å². The van der Waals surface area contributed by atoms with Gasteiger partial charge < -0.3 is 20.0 Å². The molecule has 2 saturated heterocycles. The van der Waals surface area contributed by atoms with Gasteiger partial charge in [0.25, 0.3) is 0 Å². The first kappa shape index (κ1) is 25.6. The summed E-state index contributed by atoms with van der Waals surface area (Å²) in [7, 11) is 0. The van der Waals surface area contributed by atoms with E-state index >= 15 is 0 Å². The Morgan fingerprint density at radius 3 is 2.48 bits per heavy atom. The van der Waals surface area contributed by atoms with Crippen LogP contribution in [-0.2, 0) is 17.8 Å². The van der Waals surface area contributed by atoms with Crippen molar-refractivity contribution >= 4 is 35.8 Å². The summed E-state index contributed by atoms with van der Waals surface area (Å²) in [6.07, 6.45) is 6.80. The zero-order chi connectivity index (χ0) is 22.0. The smallest absolute Gasteiger partial charge is 0.244 e. The second kappa shape index (κ2) is 13.6. The molecule has 0 saturated carbocycles. The second-order valence-corrected chi connectivity index (χ2v) is 8.69. The minimum atomic E-state index is 0. The molecule has 4 rings (SSSR count). The van der Waals surface area contributed by atoms with Crippen LogP contribution < -0.4 is 10.6 Å². The molecule has 2 aliphatic heterocycles. The Hall–Kier alpha value is -2.07. The molecule has 0 aliphatic carbocycles. The van der Waals surface area contributed by atoms with Crippen LogP contribution in [0.2, 0.25) is 0 Å². The Balaban J connectivity index is 0.00000306. The SMILES string of the molecule is I.O=C(CN=C(NCCc1ccco1)NC1CCN(Cc2ccccc2)CC1)N1CCCC1. The molecule has 2 fully saturated rings. The molecule has 8 heteroatoms. The van der Waals surface area contributed by atoms with Gasteiger partial charge in [-0.2, -0.15) is 0 Å². The number of rotatable bonds is 8. The predicted octanol–water partition coefficient (Wildman–Crippen LogP) is 3.26. The first-order valence-electron chi connectivity index (χ1n) is 11.9. The number of likely N-dealkylation sites (tertiary alicyclic amines) is 2. The van der Waals surface area contributed by atoms with E-state index < -0.39 is 0 Å². The van der Waals surface area contributed by atoms with Gasteiger partial charge in [0.2, 0.25) is 5.91 Å². The van der Waals surface area contributed by atoms with E-state index in [1.54, 1.807) is 6.26 Å². The summed E-state index contributed by atoms with van der Waals surface area (Å²) >= 11 is 0. The zero-order valence-corrected chi connectivity index (χ0v) is 21.6. The topological polar surface area (TPSA) is 73.1 Å². The van der Waals surface area contributed by atoms with Crippen LogP contribution in [0.1, 0.15) is 37.0 Å². The van der Waals surface area contributed by atoms with Crippen LogP contribution in [0.4, 0.5) is 0 Å². The zero-order valence-electron chi connectivity index (χ0n) is 19.2. The van der Waals surface area contributed by atoms with Crippen LogP contribution in [-0.4, -0.2) is 67.0 Å². The van der Waals surface area contributed by atoms with E-state index in [0.717, 1.165) is 76.5 Å². The van der Waals surface area contributed by atoms with E-state index in [4.69, 9.17) is 4.42 Å². The molecular weight excluding hydrogens is 529 g/mol. The molecule has 1 amide bonds. The Kier molecular flexibility index (Phi) is 10.5. The highest BCUT2D eigenvalue weighted by Crippen LogP contribution is 2.14. The van der Waals surface area contributed by atoms with Crippen molar-refractivity contribution < 1.29 is 9.21 Å². The fourth-order valence-electron chi connectivity index (χ4n) is 4.40. The van der Waals surface area contributed by atoms with Gasteiger partial charge in [-0.05, 0) is 43.4 Å². The molecule has 2 aliphatic rings. The molecule has 33 heavy (non-hydrogen) atoms. The number of hydrogen-bond acceptors (Lipinski definition) is 4. The summed E-state index contributed by atoms with van der Waals surface area (Å²) in [5.74, 6) is 1.79. The number of nitrogens with zero attached hydrogens (tertiary/aromatic N) is 3. The van der Waals surface area contributed by atoms with Gasteiger partial charge in [0.1, 0.15) is 12.3 Å². The lowest BCUT2D eigenvalue weighted by molar-refractivity contribution is -0.128. The lowest BCUT2D eigenvalue weighted by Gasteiger charge is -2.33. The number of carbonyl (C=O) groups is 1. The average Bonchev–Trinajstić information content (AvgIpc) is 3.54. The third-order valence-corrected chi connectivity index (χ3v) is 6.25. The summed E-state index contributed by atoms with van der Waals surface area (Å²) in [5.41, 5.74) is 1.36. The Bertz CT molecular complexity index is 845.